The molecule has 0 bridgehead atoms. The Labute approximate surface area is 114 Å². The zero-order valence-electron chi connectivity index (χ0n) is 11.7. The third-order valence-corrected chi connectivity index (χ3v) is 3.15. The van der Waals surface area contributed by atoms with Crippen LogP contribution in [0.5, 0.6) is 11.5 Å². The van der Waals surface area contributed by atoms with Gasteiger partial charge in [0.25, 0.3) is 0 Å². The van der Waals surface area contributed by atoms with Crippen LogP contribution in [0.1, 0.15) is 36.5 Å². The summed E-state index contributed by atoms with van der Waals surface area (Å²) in [7, 11) is 0. The summed E-state index contributed by atoms with van der Waals surface area (Å²) in [5, 5.41) is 9.42. The van der Waals surface area contributed by atoms with E-state index in [9.17, 15) is 5.11 Å². The molecule has 2 aromatic carbocycles. The van der Waals surface area contributed by atoms with Crippen molar-refractivity contribution in [1.82, 2.24) is 0 Å². The van der Waals surface area contributed by atoms with Crippen LogP contribution in [-0.4, -0.2) is 5.11 Å². The van der Waals surface area contributed by atoms with Crippen LogP contribution in [0.3, 0.4) is 0 Å². The van der Waals surface area contributed by atoms with Crippen molar-refractivity contribution >= 4 is 0 Å². The van der Waals surface area contributed by atoms with Gasteiger partial charge < -0.3 is 9.84 Å². The molecule has 0 aromatic heterocycles. The number of rotatable bonds is 4. The molecule has 0 amide bonds. The summed E-state index contributed by atoms with van der Waals surface area (Å²) in [6.45, 7) is 6.28. The number of hydrogen-bond donors (Lipinski definition) is 1. The molecule has 0 spiro atoms. The lowest BCUT2D eigenvalue weighted by atomic mass is 10.0. The third-order valence-electron chi connectivity index (χ3n) is 3.15. The number of benzene rings is 2. The van der Waals surface area contributed by atoms with Crippen LogP contribution in [0.25, 0.3) is 0 Å². The van der Waals surface area contributed by atoms with Crippen molar-refractivity contribution in [2.45, 2.75) is 33.3 Å². The maximum absolute atomic E-state index is 9.42. The largest absolute Gasteiger partial charge is 0.457 e. The molecule has 1 N–H and O–H groups in total. The van der Waals surface area contributed by atoms with E-state index in [1.165, 1.54) is 5.56 Å². The quantitative estimate of drug-likeness (QED) is 0.878. The zero-order valence-corrected chi connectivity index (χ0v) is 11.7. The molecular formula is C17H20O2. The Bertz CT molecular complexity index is 559. The van der Waals surface area contributed by atoms with Crippen molar-refractivity contribution in [2.75, 3.05) is 0 Å². The van der Waals surface area contributed by atoms with Gasteiger partial charge >= 0.3 is 0 Å². The molecule has 19 heavy (non-hydrogen) atoms. The monoisotopic (exact) mass is 256 g/mol. The van der Waals surface area contributed by atoms with Crippen LogP contribution < -0.4 is 4.74 Å². The summed E-state index contributed by atoms with van der Waals surface area (Å²) < 4.78 is 5.99. The molecule has 0 saturated carbocycles. The normalized spacial score (nSPS) is 10.8. The molecular weight excluding hydrogens is 236 g/mol. The summed E-state index contributed by atoms with van der Waals surface area (Å²) in [6.07, 6.45) is 0. The van der Waals surface area contributed by atoms with Crippen molar-refractivity contribution in [1.29, 1.82) is 0 Å². The first kappa shape index (κ1) is 13.6. The van der Waals surface area contributed by atoms with Gasteiger partial charge in [-0.15, -0.1) is 0 Å². The second kappa shape index (κ2) is 5.89. The van der Waals surface area contributed by atoms with Crippen molar-refractivity contribution < 1.29 is 9.84 Å². The van der Waals surface area contributed by atoms with Crippen LogP contribution >= 0.6 is 0 Å². The smallest absolute Gasteiger partial charge is 0.132 e. The first-order chi connectivity index (χ1) is 9.11. The molecule has 2 aromatic rings. The van der Waals surface area contributed by atoms with Crippen LogP contribution in [0.2, 0.25) is 0 Å². The number of aryl methyl sites for hydroxylation is 1. The van der Waals surface area contributed by atoms with E-state index < -0.39 is 0 Å². The number of para-hydroxylation sites is 1. The SMILES string of the molecule is Cc1ccc(Oc2ccccc2C(C)C)c(CO)c1. The Morgan fingerprint density at radius 1 is 1.05 bits per heavy atom. The molecule has 0 radical (unpaired) electrons. The van der Waals surface area contributed by atoms with Gasteiger partial charge in [-0.1, -0.05) is 49.7 Å². The minimum absolute atomic E-state index is 0.0130. The first-order valence-corrected chi connectivity index (χ1v) is 6.59. The first-order valence-electron chi connectivity index (χ1n) is 6.59. The molecule has 0 fully saturated rings. The summed E-state index contributed by atoms with van der Waals surface area (Å²) >= 11 is 0. The molecule has 2 nitrogen and oxygen atoms in total. The lowest BCUT2D eigenvalue weighted by Gasteiger charge is -2.15. The molecule has 0 aliphatic rings. The molecule has 2 heteroatoms. The van der Waals surface area contributed by atoms with Crippen LogP contribution in [0, 0.1) is 6.92 Å². The van der Waals surface area contributed by atoms with Crippen LogP contribution in [0.4, 0.5) is 0 Å². The van der Waals surface area contributed by atoms with E-state index in [2.05, 4.69) is 19.9 Å². The maximum atomic E-state index is 9.42. The summed E-state index contributed by atoms with van der Waals surface area (Å²) in [6, 6.07) is 13.9. The van der Waals surface area contributed by atoms with Crippen LogP contribution in [-0.2, 0) is 6.61 Å². The van der Waals surface area contributed by atoms with Gasteiger partial charge in [0.15, 0.2) is 0 Å². The summed E-state index contributed by atoms with van der Waals surface area (Å²) in [5.74, 6) is 1.98. The lowest BCUT2D eigenvalue weighted by molar-refractivity contribution is 0.276. The van der Waals surface area contributed by atoms with Gasteiger partial charge in [0, 0.05) is 5.56 Å². The van der Waals surface area contributed by atoms with E-state index >= 15 is 0 Å². The predicted molar refractivity (Wildman–Crippen MR) is 77.7 cm³/mol. The molecule has 0 saturated heterocycles. The standard InChI is InChI=1S/C17H20O2/c1-12(2)15-6-4-5-7-17(15)19-16-9-8-13(3)10-14(16)11-18/h4-10,12,18H,11H2,1-3H3. The number of ether oxygens (including phenoxy) is 1. The van der Waals surface area contributed by atoms with Gasteiger partial charge in [-0.3, -0.25) is 0 Å². The highest BCUT2D eigenvalue weighted by molar-refractivity contribution is 5.43. The van der Waals surface area contributed by atoms with Crippen LogP contribution in [0.15, 0.2) is 42.5 Å². The van der Waals surface area contributed by atoms with Gasteiger partial charge in [0.1, 0.15) is 11.5 Å². The summed E-state index contributed by atoms with van der Waals surface area (Å²) in [4.78, 5) is 0. The maximum Gasteiger partial charge on any atom is 0.132 e. The van der Waals surface area contributed by atoms with E-state index in [-0.39, 0.29) is 6.61 Å². The minimum Gasteiger partial charge on any atom is -0.457 e. The molecule has 0 aliphatic heterocycles. The minimum atomic E-state index is -0.0130. The van der Waals surface area contributed by atoms with Gasteiger partial charge in [-0.2, -0.15) is 0 Å². The molecule has 2 rings (SSSR count). The molecule has 0 atom stereocenters. The molecule has 0 aliphatic carbocycles. The molecule has 100 valence electrons. The predicted octanol–water partition coefficient (Wildman–Crippen LogP) is 4.40. The third kappa shape index (κ3) is 3.15. The van der Waals surface area contributed by atoms with E-state index in [4.69, 9.17) is 4.74 Å². The van der Waals surface area contributed by atoms with Crippen molar-refractivity contribution in [3.05, 3.63) is 59.2 Å². The second-order valence-electron chi connectivity index (χ2n) is 5.06. The lowest BCUT2D eigenvalue weighted by Crippen LogP contribution is -1.96. The van der Waals surface area contributed by atoms with Gasteiger partial charge in [-0.05, 0) is 30.5 Å². The molecule has 0 unspecified atom stereocenters. The Kier molecular flexibility index (Phi) is 4.23. The van der Waals surface area contributed by atoms with E-state index in [1.54, 1.807) is 0 Å². The second-order valence-corrected chi connectivity index (χ2v) is 5.06. The topological polar surface area (TPSA) is 29.5 Å². The zero-order chi connectivity index (χ0) is 13.8. The Morgan fingerprint density at radius 2 is 1.79 bits per heavy atom. The average molecular weight is 256 g/mol. The van der Waals surface area contributed by atoms with Gasteiger partial charge in [0.2, 0.25) is 0 Å². The van der Waals surface area contributed by atoms with Crippen molar-refractivity contribution in [2.24, 2.45) is 0 Å². The van der Waals surface area contributed by atoms with Gasteiger partial charge in [-0.25, -0.2) is 0 Å². The van der Waals surface area contributed by atoms with Crippen molar-refractivity contribution in [3.63, 3.8) is 0 Å². The van der Waals surface area contributed by atoms with E-state index in [0.29, 0.717) is 5.92 Å². The van der Waals surface area contributed by atoms with E-state index in [1.807, 2.05) is 43.3 Å². The Balaban J connectivity index is 2.36. The number of aliphatic hydroxyl groups is 1. The number of hydrogen-bond acceptors (Lipinski definition) is 2. The summed E-state index contributed by atoms with van der Waals surface area (Å²) in [5.41, 5.74) is 3.11. The fourth-order valence-corrected chi connectivity index (χ4v) is 2.10. The Hall–Kier alpha value is -1.80. The van der Waals surface area contributed by atoms with Gasteiger partial charge in [0.05, 0.1) is 6.61 Å². The highest BCUT2D eigenvalue weighted by Gasteiger charge is 2.10. The fraction of sp³-hybridized carbons (Fsp3) is 0.294. The highest BCUT2D eigenvalue weighted by atomic mass is 16.5. The Morgan fingerprint density at radius 3 is 2.47 bits per heavy atom. The number of aliphatic hydroxyl groups excluding tert-OH is 1. The molecule has 0 heterocycles. The fourth-order valence-electron chi connectivity index (χ4n) is 2.10. The average Bonchev–Trinajstić information content (AvgIpc) is 2.41. The highest BCUT2D eigenvalue weighted by Crippen LogP contribution is 2.32. The van der Waals surface area contributed by atoms with Crippen molar-refractivity contribution in [3.8, 4) is 11.5 Å². The van der Waals surface area contributed by atoms with E-state index in [0.717, 1.165) is 22.6 Å².